The maximum absolute atomic E-state index is 12.4. The van der Waals surface area contributed by atoms with Crippen LogP contribution < -0.4 is 5.32 Å². The number of imidazole rings is 1. The van der Waals surface area contributed by atoms with Crippen molar-refractivity contribution < 1.29 is 17.9 Å². The molecule has 0 aromatic carbocycles. The lowest BCUT2D eigenvalue weighted by molar-refractivity contribution is 0.0921. The molecule has 1 aliphatic rings. The number of sulfonamides is 1. The Morgan fingerprint density at radius 3 is 2.92 bits per heavy atom. The van der Waals surface area contributed by atoms with Crippen molar-refractivity contribution in [1.29, 1.82) is 0 Å². The van der Waals surface area contributed by atoms with Crippen LogP contribution in [0.2, 0.25) is 0 Å². The number of ether oxygens (including phenoxy) is 1. The molecule has 1 N–H and O–H groups in total. The van der Waals surface area contributed by atoms with Crippen molar-refractivity contribution in [2.24, 2.45) is 5.92 Å². The van der Waals surface area contributed by atoms with E-state index in [2.05, 4.69) is 10.3 Å². The quantitative estimate of drug-likeness (QED) is 0.816. The molecule has 0 saturated carbocycles. The van der Waals surface area contributed by atoms with Gasteiger partial charge in [0.1, 0.15) is 11.3 Å². The van der Waals surface area contributed by atoms with E-state index >= 15 is 0 Å². The standard InChI is InChI=1S/C15H20N4O4S/c1-18(2)24(21,22)10-11-8-23-9-13(11)17-15(20)12-7-19-6-4-3-5-14(19)16-12/h3-7,11,13H,8-10H2,1-2H3,(H,17,20)/t11-,13-/m0/s1. The zero-order chi connectivity index (χ0) is 17.3. The van der Waals surface area contributed by atoms with Crippen LogP contribution in [0.1, 0.15) is 10.5 Å². The third-order valence-corrected chi connectivity index (χ3v) is 6.05. The van der Waals surface area contributed by atoms with Crippen molar-refractivity contribution >= 4 is 21.6 Å². The highest BCUT2D eigenvalue weighted by Gasteiger charge is 2.34. The van der Waals surface area contributed by atoms with Crippen LogP contribution in [0.15, 0.2) is 30.6 Å². The molecule has 1 fully saturated rings. The van der Waals surface area contributed by atoms with Gasteiger partial charge in [0.05, 0.1) is 25.0 Å². The summed E-state index contributed by atoms with van der Waals surface area (Å²) in [5.41, 5.74) is 0.972. The van der Waals surface area contributed by atoms with E-state index < -0.39 is 10.0 Å². The van der Waals surface area contributed by atoms with Crippen LogP contribution in [0.5, 0.6) is 0 Å². The van der Waals surface area contributed by atoms with E-state index in [9.17, 15) is 13.2 Å². The number of fused-ring (bicyclic) bond motifs is 1. The second-order valence-electron chi connectivity index (χ2n) is 6.03. The fourth-order valence-corrected chi connectivity index (χ4v) is 3.80. The molecule has 1 amide bonds. The Labute approximate surface area is 140 Å². The highest BCUT2D eigenvalue weighted by Crippen LogP contribution is 2.18. The first-order valence-corrected chi connectivity index (χ1v) is 9.20. The molecule has 0 bridgehead atoms. The summed E-state index contributed by atoms with van der Waals surface area (Å²) in [6.07, 6.45) is 3.45. The number of hydrogen-bond donors (Lipinski definition) is 1. The Hall–Kier alpha value is -1.97. The van der Waals surface area contributed by atoms with Gasteiger partial charge in [-0.1, -0.05) is 6.07 Å². The second-order valence-corrected chi connectivity index (χ2v) is 8.26. The molecular formula is C15H20N4O4S. The first kappa shape index (κ1) is 16.9. The predicted octanol–water partition coefficient (Wildman–Crippen LogP) is -0.0295. The average Bonchev–Trinajstić information content (AvgIpc) is 3.13. The highest BCUT2D eigenvalue weighted by molar-refractivity contribution is 7.89. The van der Waals surface area contributed by atoms with Crippen molar-refractivity contribution in [2.75, 3.05) is 33.1 Å². The molecule has 1 aliphatic heterocycles. The number of hydrogen-bond acceptors (Lipinski definition) is 5. The van der Waals surface area contributed by atoms with Crippen LogP contribution in [0.3, 0.4) is 0 Å². The number of nitrogens with one attached hydrogen (secondary N) is 1. The Morgan fingerprint density at radius 2 is 2.21 bits per heavy atom. The summed E-state index contributed by atoms with van der Waals surface area (Å²) in [4.78, 5) is 16.7. The van der Waals surface area contributed by atoms with Crippen molar-refractivity contribution in [3.05, 3.63) is 36.3 Å². The molecule has 2 atom stereocenters. The molecule has 2 aromatic heterocycles. The first-order valence-electron chi connectivity index (χ1n) is 7.59. The highest BCUT2D eigenvalue weighted by atomic mass is 32.2. The first-order chi connectivity index (χ1) is 11.4. The Kier molecular flexibility index (Phi) is 4.57. The molecule has 3 rings (SSSR count). The van der Waals surface area contributed by atoms with Crippen molar-refractivity contribution in [1.82, 2.24) is 19.0 Å². The number of carbonyl (C=O) groups is 1. The van der Waals surface area contributed by atoms with Gasteiger partial charge in [-0.15, -0.1) is 0 Å². The normalized spacial score (nSPS) is 21.5. The van der Waals surface area contributed by atoms with E-state index in [4.69, 9.17) is 4.74 Å². The zero-order valence-corrected chi connectivity index (χ0v) is 14.4. The number of nitrogens with zero attached hydrogens (tertiary/aromatic N) is 3. The van der Waals surface area contributed by atoms with Crippen LogP contribution in [0, 0.1) is 5.92 Å². The topological polar surface area (TPSA) is 93.0 Å². The maximum atomic E-state index is 12.4. The zero-order valence-electron chi connectivity index (χ0n) is 13.5. The molecule has 3 heterocycles. The molecule has 0 unspecified atom stereocenters. The largest absolute Gasteiger partial charge is 0.379 e. The molecule has 0 spiro atoms. The van der Waals surface area contributed by atoms with E-state index in [0.717, 1.165) is 0 Å². The summed E-state index contributed by atoms with van der Waals surface area (Å²) in [7, 11) is -0.362. The van der Waals surface area contributed by atoms with Gasteiger partial charge in [-0.3, -0.25) is 4.79 Å². The van der Waals surface area contributed by atoms with E-state index in [1.54, 1.807) is 10.6 Å². The van der Waals surface area contributed by atoms with Gasteiger partial charge >= 0.3 is 0 Å². The Morgan fingerprint density at radius 1 is 1.42 bits per heavy atom. The third-order valence-electron chi connectivity index (χ3n) is 4.09. The van der Waals surface area contributed by atoms with Crippen LogP contribution >= 0.6 is 0 Å². The number of aromatic nitrogens is 2. The average molecular weight is 352 g/mol. The van der Waals surface area contributed by atoms with Crippen molar-refractivity contribution in [2.45, 2.75) is 6.04 Å². The van der Waals surface area contributed by atoms with E-state index in [1.165, 1.54) is 18.4 Å². The smallest absolute Gasteiger partial charge is 0.271 e. The number of rotatable bonds is 5. The van der Waals surface area contributed by atoms with Crippen LogP contribution in [0.4, 0.5) is 0 Å². The van der Waals surface area contributed by atoms with Gasteiger partial charge in [-0.2, -0.15) is 0 Å². The summed E-state index contributed by atoms with van der Waals surface area (Å²) < 4.78 is 32.4. The van der Waals surface area contributed by atoms with Gasteiger partial charge in [0, 0.05) is 32.4 Å². The van der Waals surface area contributed by atoms with Gasteiger partial charge < -0.3 is 14.5 Å². The number of amides is 1. The number of pyridine rings is 1. The van der Waals surface area contributed by atoms with Crippen LogP contribution in [-0.4, -0.2) is 67.1 Å². The minimum Gasteiger partial charge on any atom is -0.379 e. The number of carbonyl (C=O) groups excluding carboxylic acids is 1. The van der Waals surface area contributed by atoms with Gasteiger partial charge in [0.2, 0.25) is 10.0 Å². The van der Waals surface area contributed by atoms with Gasteiger partial charge in [0.15, 0.2) is 0 Å². The summed E-state index contributed by atoms with van der Waals surface area (Å²) in [6.45, 7) is 0.607. The van der Waals surface area contributed by atoms with Gasteiger partial charge in [-0.05, 0) is 12.1 Å². The molecule has 8 nitrogen and oxygen atoms in total. The predicted molar refractivity (Wildman–Crippen MR) is 88.2 cm³/mol. The summed E-state index contributed by atoms with van der Waals surface area (Å²) in [5, 5.41) is 2.84. The second kappa shape index (κ2) is 6.50. The van der Waals surface area contributed by atoms with E-state index in [0.29, 0.717) is 24.6 Å². The molecule has 1 saturated heterocycles. The molecule has 24 heavy (non-hydrogen) atoms. The fourth-order valence-electron chi connectivity index (χ4n) is 2.63. The van der Waals surface area contributed by atoms with E-state index in [1.807, 2.05) is 24.4 Å². The third kappa shape index (κ3) is 3.42. The Bertz CT molecular complexity index is 813. The molecule has 0 radical (unpaired) electrons. The Balaban J connectivity index is 1.71. The van der Waals surface area contributed by atoms with Crippen molar-refractivity contribution in [3.63, 3.8) is 0 Å². The lowest BCUT2D eigenvalue weighted by atomic mass is 10.1. The molecule has 9 heteroatoms. The lowest BCUT2D eigenvalue weighted by Gasteiger charge is -2.20. The molecule has 0 aliphatic carbocycles. The van der Waals surface area contributed by atoms with Gasteiger partial charge in [0.25, 0.3) is 5.91 Å². The lowest BCUT2D eigenvalue weighted by Crippen LogP contribution is -2.43. The van der Waals surface area contributed by atoms with Crippen molar-refractivity contribution in [3.8, 4) is 0 Å². The minimum absolute atomic E-state index is 0.0594. The van der Waals surface area contributed by atoms with Gasteiger partial charge in [-0.25, -0.2) is 17.7 Å². The summed E-state index contributed by atoms with van der Waals surface area (Å²) in [5.74, 6) is -0.671. The van der Waals surface area contributed by atoms with Crippen LogP contribution in [-0.2, 0) is 14.8 Å². The SMILES string of the molecule is CN(C)S(=O)(=O)C[C@@H]1COC[C@@H]1NC(=O)c1cn2ccccc2n1. The monoisotopic (exact) mass is 352 g/mol. The van der Waals surface area contributed by atoms with E-state index in [-0.39, 0.29) is 23.6 Å². The maximum Gasteiger partial charge on any atom is 0.271 e. The summed E-state index contributed by atoms with van der Waals surface area (Å²) >= 11 is 0. The fraction of sp³-hybridized carbons (Fsp3) is 0.467. The molecule has 130 valence electrons. The molecular weight excluding hydrogens is 332 g/mol. The minimum atomic E-state index is -3.35. The molecule has 2 aromatic rings. The van der Waals surface area contributed by atoms with Crippen LogP contribution in [0.25, 0.3) is 5.65 Å². The summed E-state index contributed by atoms with van der Waals surface area (Å²) in [6, 6.07) is 5.15.